The van der Waals surface area contributed by atoms with Crippen molar-refractivity contribution in [1.29, 1.82) is 0 Å². The second kappa shape index (κ2) is 6.42. The normalized spacial score (nSPS) is 9.95. The van der Waals surface area contributed by atoms with E-state index in [2.05, 4.69) is 27.9 Å². The molecule has 0 spiro atoms. The lowest BCUT2D eigenvalue weighted by molar-refractivity contribution is 0.155. The highest BCUT2D eigenvalue weighted by molar-refractivity contribution is 14.1. The quantitative estimate of drug-likeness (QED) is 0.640. The van der Waals surface area contributed by atoms with Gasteiger partial charge < -0.3 is 9.84 Å². The van der Waals surface area contributed by atoms with Gasteiger partial charge in [-0.1, -0.05) is 30.3 Å². The third-order valence-corrected chi connectivity index (χ3v) is 3.08. The van der Waals surface area contributed by atoms with Crippen LogP contribution in [0.2, 0.25) is 0 Å². The maximum Gasteiger partial charge on any atom is 0.412 e. The number of phenols is 1. The molecule has 0 heterocycles. The van der Waals surface area contributed by atoms with Crippen LogP contribution in [-0.4, -0.2) is 11.2 Å². The summed E-state index contributed by atoms with van der Waals surface area (Å²) in [5, 5.41) is 12.1. The molecule has 0 aliphatic rings. The van der Waals surface area contributed by atoms with Crippen molar-refractivity contribution in [2.45, 2.75) is 6.61 Å². The minimum absolute atomic E-state index is 0.0112. The number of hydrogen-bond acceptors (Lipinski definition) is 3. The van der Waals surface area contributed by atoms with Crippen molar-refractivity contribution >= 4 is 34.4 Å². The van der Waals surface area contributed by atoms with Crippen molar-refractivity contribution in [2.24, 2.45) is 0 Å². The summed E-state index contributed by atoms with van der Waals surface area (Å²) in [6.07, 6.45) is -0.596. The fourth-order valence-electron chi connectivity index (χ4n) is 1.48. The highest BCUT2D eigenvalue weighted by Crippen LogP contribution is 2.25. The molecule has 0 aliphatic heterocycles. The van der Waals surface area contributed by atoms with Crippen LogP contribution in [0.1, 0.15) is 5.56 Å². The van der Waals surface area contributed by atoms with Crippen molar-refractivity contribution < 1.29 is 14.6 Å². The summed E-state index contributed by atoms with van der Waals surface area (Å²) in [6.45, 7) is 0.192. The first kappa shape index (κ1) is 13.7. The van der Waals surface area contributed by atoms with Crippen LogP contribution < -0.4 is 5.32 Å². The van der Waals surface area contributed by atoms with Crippen LogP contribution in [0.4, 0.5) is 10.5 Å². The molecule has 4 nitrogen and oxygen atoms in total. The summed E-state index contributed by atoms with van der Waals surface area (Å²) in [5.41, 5.74) is 1.24. The van der Waals surface area contributed by atoms with Crippen LogP contribution in [0.15, 0.2) is 48.5 Å². The summed E-state index contributed by atoms with van der Waals surface area (Å²) in [4.78, 5) is 11.6. The van der Waals surface area contributed by atoms with Crippen LogP contribution >= 0.6 is 22.6 Å². The number of ether oxygens (including phenoxy) is 1. The summed E-state index contributed by atoms with van der Waals surface area (Å²) in [7, 11) is 0. The minimum Gasteiger partial charge on any atom is -0.506 e. The molecule has 2 aromatic rings. The lowest BCUT2D eigenvalue weighted by Gasteiger charge is -2.08. The van der Waals surface area contributed by atoms with Crippen LogP contribution in [0.25, 0.3) is 0 Å². The van der Waals surface area contributed by atoms with Gasteiger partial charge in [-0.25, -0.2) is 4.79 Å². The van der Waals surface area contributed by atoms with Gasteiger partial charge in [0.25, 0.3) is 0 Å². The van der Waals surface area contributed by atoms with Gasteiger partial charge in [-0.05, 0) is 46.4 Å². The Bertz CT molecular complexity index is 572. The molecule has 0 fully saturated rings. The molecule has 2 rings (SSSR count). The van der Waals surface area contributed by atoms with E-state index in [-0.39, 0.29) is 12.4 Å². The SMILES string of the molecule is O=C(Nc1cc(I)ccc1O)OCc1ccccc1. The Morgan fingerprint density at radius 1 is 1.21 bits per heavy atom. The van der Waals surface area contributed by atoms with Crippen molar-refractivity contribution in [1.82, 2.24) is 0 Å². The van der Waals surface area contributed by atoms with Gasteiger partial charge in [-0.2, -0.15) is 0 Å². The first-order valence-corrected chi connectivity index (χ1v) is 6.69. The highest BCUT2D eigenvalue weighted by atomic mass is 127. The molecule has 0 saturated heterocycles. The molecule has 0 saturated carbocycles. The van der Waals surface area contributed by atoms with E-state index in [1.54, 1.807) is 12.1 Å². The smallest absolute Gasteiger partial charge is 0.412 e. The Hall–Kier alpha value is -1.76. The zero-order valence-corrected chi connectivity index (χ0v) is 12.1. The number of carbonyl (C=O) groups excluding carboxylic acids is 1. The second-order valence-corrected chi connectivity index (χ2v) is 5.09. The van der Waals surface area contributed by atoms with Crippen molar-refractivity contribution in [3.05, 3.63) is 57.7 Å². The van der Waals surface area contributed by atoms with Gasteiger partial charge in [0.1, 0.15) is 12.4 Å². The predicted octanol–water partition coefficient (Wildman–Crippen LogP) is 3.75. The Morgan fingerprint density at radius 3 is 2.68 bits per heavy atom. The maximum atomic E-state index is 11.6. The van der Waals surface area contributed by atoms with E-state index in [4.69, 9.17) is 4.74 Å². The lowest BCUT2D eigenvalue weighted by Crippen LogP contribution is -2.13. The van der Waals surface area contributed by atoms with Gasteiger partial charge in [0, 0.05) is 3.57 Å². The zero-order valence-electron chi connectivity index (χ0n) is 9.97. The molecule has 0 atom stereocenters. The Morgan fingerprint density at radius 2 is 1.95 bits per heavy atom. The van der Waals surface area contributed by atoms with Crippen molar-refractivity contribution in [3.63, 3.8) is 0 Å². The number of anilines is 1. The Labute approximate surface area is 124 Å². The average molecular weight is 369 g/mol. The molecule has 98 valence electrons. The summed E-state index contributed by atoms with van der Waals surface area (Å²) in [6, 6.07) is 14.3. The predicted molar refractivity (Wildman–Crippen MR) is 81.1 cm³/mol. The van der Waals surface area contributed by atoms with E-state index < -0.39 is 6.09 Å². The first-order chi connectivity index (χ1) is 9.15. The van der Waals surface area contributed by atoms with Crippen LogP contribution in [-0.2, 0) is 11.3 Å². The van der Waals surface area contributed by atoms with Crippen LogP contribution in [0.3, 0.4) is 0 Å². The second-order valence-electron chi connectivity index (χ2n) is 3.85. The lowest BCUT2D eigenvalue weighted by atomic mass is 10.2. The number of rotatable bonds is 3. The zero-order chi connectivity index (χ0) is 13.7. The number of benzene rings is 2. The molecule has 19 heavy (non-hydrogen) atoms. The van der Waals surface area contributed by atoms with Gasteiger partial charge >= 0.3 is 6.09 Å². The van der Waals surface area contributed by atoms with Crippen LogP contribution in [0.5, 0.6) is 5.75 Å². The van der Waals surface area contributed by atoms with Gasteiger partial charge in [-0.15, -0.1) is 0 Å². The number of phenolic OH excluding ortho intramolecular Hbond substituents is 1. The molecule has 5 heteroatoms. The van der Waals surface area contributed by atoms with Crippen molar-refractivity contribution in [2.75, 3.05) is 5.32 Å². The number of amides is 1. The highest BCUT2D eigenvalue weighted by Gasteiger charge is 2.07. The Balaban J connectivity index is 1.93. The van der Waals surface area contributed by atoms with Gasteiger partial charge in [0.2, 0.25) is 0 Å². The van der Waals surface area contributed by atoms with Gasteiger partial charge in [0.05, 0.1) is 5.69 Å². The Kier molecular flexibility index (Phi) is 4.62. The fourth-order valence-corrected chi connectivity index (χ4v) is 1.97. The number of aromatic hydroxyl groups is 1. The minimum atomic E-state index is -0.596. The van der Waals surface area contributed by atoms with E-state index in [1.165, 1.54) is 6.07 Å². The molecule has 0 aromatic heterocycles. The third kappa shape index (κ3) is 4.13. The van der Waals surface area contributed by atoms with E-state index in [0.717, 1.165) is 9.13 Å². The summed E-state index contributed by atoms with van der Waals surface area (Å²) in [5.74, 6) is 0.0112. The molecule has 2 N–H and O–H groups in total. The van der Waals surface area contributed by atoms with E-state index in [9.17, 15) is 9.90 Å². The molecular formula is C14H12INO3. The number of hydrogen-bond donors (Lipinski definition) is 2. The molecular weight excluding hydrogens is 357 g/mol. The third-order valence-electron chi connectivity index (χ3n) is 2.41. The number of nitrogens with one attached hydrogen (secondary N) is 1. The average Bonchev–Trinajstić information content (AvgIpc) is 2.42. The first-order valence-electron chi connectivity index (χ1n) is 5.61. The monoisotopic (exact) mass is 369 g/mol. The maximum absolute atomic E-state index is 11.6. The molecule has 0 bridgehead atoms. The standard InChI is InChI=1S/C14H12INO3/c15-11-6-7-13(17)12(8-11)16-14(18)19-9-10-4-2-1-3-5-10/h1-8,17H,9H2,(H,16,18). The molecule has 0 radical (unpaired) electrons. The fraction of sp³-hybridized carbons (Fsp3) is 0.0714. The van der Waals surface area contributed by atoms with Gasteiger partial charge in [0.15, 0.2) is 0 Å². The molecule has 0 unspecified atom stereocenters. The largest absolute Gasteiger partial charge is 0.506 e. The van der Waals surface area contributed by atoms with Crippen molar-refractivity contribution in [3.8, 4) is 5.75 Å². The molecule has 0 aliphatic carbocycles. The molecule has 1 amide bonds. The number of carbonyl (C=O) groups is 1. The van der Waals surface area contributed by atoms with E-state index >= 15 is 0 Å². The number of halogens is 1. The topological polar surface area (TPSA) is 58.6 Å². The van der Waals surface area contributed by atoms with Gasteiger partial charge in [-0.3, -0.25) is 5.32 Å². The van der Waals surface area contributed by atoms with E-state index in [1.807, 2.05) is 30.3 Å². The summed E-state index contributed by atoms with van der Waals surface area (Å²) < 4.78 is 5.97. The van der Waals surface area contributed by atoms with E-state index in [0.29, 0.717) is 5.69 Å². The van der Waals surface area contributed by atoms with Crippen LogP contribution in [0, 0.1) is 3.57 Å². The molecule has 2 aromatic carbocycles. The summed E-state index contributed by atoms with van der Waals surface area (Å²) >= 11 is 2.10.